The van der Waals surface area contributed by atoms with Gasteiger partial charge in [-0.3, -0.25) is 14.4 Å². The summed E-state index contributed by atoms with van der Waals surface area (Å²) in [6.45, 7) is 3.62. The Kier molecular flexibility index (Phi) is 4.52. The van der Waals surface area contributed by atoms with E-state index in [1.807, 2.05) is 12.1 Å². The number of amides is 3. The van der Waals surface area contributed by atoms with Gasteiger partial charge in [-0.2, -0.15) is 0 Å². The van der Waals surface area contributed by atoms with E-state index in [0.717, 1.165) is 17.7 Å². The standard InChI is InChI=1S/C19H19N3O3/c1-12(23)20-16-4-3-5-17(11-16)21-19(25)15-6-7-18-14(10-15)8-9-22(18)13(2)24/h3-7,10-11H,8-9H2,1-2H3,(H,20,23)(H,21,25). The zero-order valence-corrected chi connectivity index (χ0v) is 14.1. The summed E-state index contributed by atoms with van der Waals surface area (Å²) in [6, 6.07) is 12.3. The fourth-order valence-corrected chi connectivity index (χ4v) is 2.95. The molecule has 0 saturated heterocycles. The van der Waals surface area contributed by atoms with Crippen LogP contribution >= 0.6 is 0 Å². The number of fused-ring (bicyclic) bond motifs is 1. The zero-order chi connectivity index (χ0) is 18.0. The van der Waals surface area contributed by atoms with Crippen molar-refractivity contribution in [2.45, 2.75) is 20.3 Å². The predicted octanol–water partition coefficient (Wildman–Crippen LogP) is 2.81. The molecule has 2 aromatic carbocycles. The lowest BCUT2D eigenvalue weighted by Gasteiger charge is -2.15. The molecule has 6 nitrogen and oxygen atoms in total. The Hall–Kier alpha value is -3.15. The summed E-state index contributed by atoms with van der Waals surface area (Å²) in [6.07, 6.45) is 0.744. The maximum absolute atomic E-state index is 12.5. The van der Waals surface area contributed by atoms with E-state index in [4.69, 9.17) is 0 Å². The first kappa shape index (κ1) is 16.7. The monoisotopic (exact) mass is 337 g/mol. The summed E-state index contributed by atoms with van der Waals surface area (Å²) in [7, 11) is 0. The first-order valence-electron chi connectivity index (χ1n) is 8.04. The molecule has 3 rings (SSSR count). The molecule has 0 atom stereocenters. The van der Waals surface area contributed by atoms with Gasteiger partial charge in [-0.1, -0.05) is 6.07 Å². The predicted molar refractivity (Wildman–Crippen MR) is 96.9 cm³/mol. The summed E-state index contributed by atoms with van der Waals surface area (Å²) in [5, 5.41) is 5.51. The third-order valence-electron chi connectivity index (χ3n) is 4.06. The molecule has 128 valence electrons. The van der Waals surface area contributed by atoms with E-state index in [1.165, 1.54) is 13.8 Å². The lowest BCUT2D eigenvalue weighted by Crippen LogP contribution is -2.25. The van der Waals surface area contributed by atoms with Crippen molar-refractivity contribution in [2.75, 3.05) is 22.1 Å². The van der Waals surface area contributed by atoms with E-state index >= 15 is 0 Å². The molecule has 6 heteroatoms. The van der Waals surface area contributed by atoms with Crippen molar-refractivity contribution in [3.05, 3.63) is 53.6 Å². The Morgan fingerprint density at radius 3 is 2.36 bits per heavy atom. The van der Waals surface area contributed by atoms with E-state index < -0.39 is 0 Å². The number of carbonyl (C=O) groups excluding carboxylic acids is 3. The van der Waals surface area contributed by atoms with Crippen LogP contribution in [-0.4, -0.2) is 24.3 Å². The van der Waals surface area contributed by atoms with Gasteiger partial charge in [-0.25, -0.2) is 0 Å². The highest BCUT2D eigenvalue weighted by atomic mass is 16.2. The number of carbonyl (C=O) groups is 3. The van der Waals surface area contributed by atoms with E-state index in [2.05, 4.69) is 10.6 Å². The summed E-state index contributed by atoms with van der Waals surface area (Å²) in [5.74, 6) is -0.396. The Morgan fingerprint density at radius 1 is 0.960 bits per heavy atom. The Bertz CT molecular complexity index is 861. The third kappa shape index (κ3) is 3.68. The highest BCUT2D eigenvalue weighted by Crippen LogP contribution is 2.29. The molecule has 1 heterocycles. The lowest BCUT2D eigenvalue weighted by atomic mass is 10.1. The molecular formula is C19H19N3O3. The van der Waals surface area contributed by atoms with E-state index in [9.17, 15) is 14.4 Å². The molecule has 1 aliphatic rings. The van der Waals surface area contributed by atoms with Crippen molar-refractivity contribution >= 4 is 34.8 Å². The Labute approximate surface area is 145 Å². The van der Waals surface area contributed by atoms with Crippen LogP contribution in [0.4, 0.5) is 17.1 Å². The molecule has 25 heavy (non-hydrogen) atoms. The average Bonchev–Trinajstić information content (AvgIpc) is 2.97. The molecule has 0 bridgehead atoms. The smallest absolute Gasteiger partial charge is 0.255 e. The van der Waals surface area contributed by atoms with Gasteiger partial charge in [0.15, 0.2) is 0 Å². The van der Waals surface area contributed by atoms with Gasteiger partial charge < -0.3 is 15.5 Å². The van der Waals surface area contributed by atoms with Crippen molar-refractivity contribution < 1.29 is 14.4 Å². The molecule has 0 saturated carbocycles. The van der Waals surface area contributed by atoms with Crippen LogP contribution in [0.1, 0.15) is 29.8 Å². The van der Waals surface area contributed by atoms with E-state index in [1.54, 1.807) is 35.2 Å². The maximum Gasteiger partial charge on any atom is 0.255 e. The zero-order valence-electron chi connectivity index (χ0n) is 14.1. The minimum Gasteiger partial charge on any atom is -0.326 e. The first-order valence-corrected chi connectivity index (χ1v) is 8.04. The molecular weight excluding hydrogens is 318 g/mol. The molecule has 3 amide bonds. The van der Waals surface area contributed by atoms with Crippen LogP contribution in [0.3, 0.4) is 0 Å². The molecule has 2 N–H and O–H groups in total. The number of benzene rings is 2. The van der Waals surface area contributed by atoms with Crippen LogP contribution in [0.2, 0.25) is 0 Å². The summed E-state index contributed by atoms with van der Waals surface area (Å²) >= 11 is 0. The summed E-state index contributed by atoms with van der Waals surface area (Å²) < 4.78 is 0. The van der Waals surface area contributed by atoms with Gasteiger partial charge in [0.25, 0.3) is 5.91 Å². The third-order valence-corrected chi connectivity index (χ3v) is 4.06. The van der Waals surface area contributed by atoms with Gasteiger partial charge >= 0.3 is 0 Å². The highest BCUT2D eigenvalue weighted by Gasteiger charge is 2.23. The molecule has 0 unspecified atom stereocenters. The van der Waals surface area contributed by atoms with E-state index in [0.29, 0.717) is 23.5 Å². The fourth-order valence-electron chi connectivity index (χ4n) is 2.95. The minimum atomic E-state index is -0.232. The first-order chi connectivity index (χ1) is 11.9. The number of hydrogen-bond acceptors (Lipinski definition) is 3. The van der Waals surface area contributed by atoms with Crippen LogP contribution in [0.5, 0.6) is 0 Å². The summed E-state index contributed by atoms with van der Waals surface area (Å²) in [5.41, 5.74) is 3.62. The largest absolute Gasteiger partial charge is 0.326 e. The number of anilines is 3. The van der Waals surface area contributed by atoms with Crippen molar-refractivity contribution in [1.29, 1.82) is 0 Å². The number of hydrogen-bond donors (Lipinski definition) is 2. The van der Waals surface area contributed by atoms with Crippen LogP contribution in [0, 0.1) is 0 Å². The maximum atomic E-state index is 12.5. The van der Waals surface area contributed by atoms with Crippen molar-refractivity contribution in [3.8, 4) is 0 Å². The number of nitrogens with zero attached hydrogens (tertiary/aromatic N) is 1. The summed E-state index contributed by atoms with van der Waals surface area (Å²) in [4.78, 5) is 36.9. The highest BCUT2D eigenvalue weighted by molar-refractivity contribution is 6.05. The van der Waals surface area contributed by atoms with Crippen molar-refractivity contribution in [1.82, 2.24) is 0 Å². The quantitative estimate of drug-likeness (QED) is 0.904. The molecule has 0 aromatic heterocycles. The second-order valence-corrected chi connectivity index (χ2v) is 5.98. The van der Waals surface area contributed by atoms with Gasteiger partial charge in [0.1, 0.15) is 0 Å². The van der Waals surface area contributed by atoms with Crippen LogP contribution < -0.4 is 15.5 Å². The molecule has 1 aliphatic heterocycles. The van der Waals surface area contributed by atoms with Crippen molar-refractivity contribution in [3.63, 3.8) is 0 Å². The molecule has 2 aromatic rings. The van der Waals surface area contributed by atoms with Gasteiger partial charge in [0.2, 0.25) is 11.8 Å². The van der Waals surface area contributed by atoms with Gasteiger partial charge in [-0.05, 0) is 48.4 Å². The Morgan fingerprint density at radius 2 is 1.68 bits per heavy atom. The number of nitrogens with one attached hydrogen (secondary N) is 2. The molecule has 0 aliphatic carbocycles. The van der Waals surface area contributed by atoms with Crippen LogP contribution in [0.15, 0.2) is 42.5 Å². The van der Waals surface area contributed by atoms with Crippen LogP contribution in [0.25, 0.3) is 0 Å². The molecule has 0 radical (unpaired) electrons. The fraction of sp³-hybridized carbons (Fsp3) is 0.211. The second-order valence-electron chi connectivity index (χ2n) is 5.98. The minimum absolute atomic E-state index is 0.00531. The second kappa shape index (κ2) is 6.76. The lowest BCUT2D eigenvalue weighted by molar-refractivity contribution is -0.116. The van der Waals surface area contributed by atoms with Crippen molar-refractivity contribution in [2.24, 2.45) is 0 Å². The molecule has 0 spiro atoms. The Balaban J connectivity index is 1.76. The van der Waals surface area contributed by atoms with Crippen LogP contribution in [-0.2, 0) is 16.0 Å². The number of rotatable bonds is 3. The molecule has 0 fully saturated rings. The van der Waals surface area contributed by atoms with Gasteiger partial charge in [0.05, 0.1) is 0 Å². The van der Waals surface area contributed by atoms with E-state index in [-0.39, 0.29) is 17.7 Å². The van der Waals surface area contributed by atoms with Gasteiger partial charge in [0, 0.05) is 43.0 Å². The average molecular weight is 337 g/mol. The topological polar surface area (TPSA) is 78.5 Å². The normalized spacial score (nSPS) is 12.5. The van der Waals surface area contributed by atoms with Gasteiger partial charge in [-0.15, -0.1) is 0 Å². The SMILES string of the molecule is CC(=O)Nc1cccc(NC(=O)c2ccc3c(c2)CCN3C(C)=O)c1.